The summed E-state index contributed by atoms with van der Waals surface area (Å²) in [6.45, 7) is 1.23. The van der Waals surface area contributed by atoms with E-state index in [2.05, 4.69) is 9.97 Å². The van der Waals surface area contributed by atoms with Crippen LogP contribution in [0.25, 0.3) is 6.08 Å². The molecule has 0 N–H and O–H groups in total. The second kappa shape index (κ2) is 7.24. The molecule has 2 aromatic rings. The van der Waals surface area contributed by atoms with Crippen molar-refractivity contribution in [2.24, 2.45) is 0 Å². The highest BCUT2D eigenvalue weighted by Gasteiger charge is 2.26. The van der Waals surface area contributed by atoms with Crippen LogP contribution in [0.3, 0.4) is 0 Å². The van der Waals surface area contributed by atoms with Crippen molar-refractivity contribution in [1.29, 1.82) is 0 Å². The molecule has 0 radical (unpaired) electrons. The van der Waals surface area contributed by atoms with Gasteiger partial charge in [-0.1, -0.05) is 23.7 Å². The highest BCUT2D eigenvalue weighted by Crippen LogP contribution is 2.16. The van der Waals surface area contributed by atoms with E-state index in [1.165, 1.54) is 0 Å². The number of ether oxygens (including phenoxy) is 1. The summed E-state index contributed by atoms with van der Waals surface area (Å²) in [4.78, 5) is 22.0. The lowest BCUT2D eigenvalue weighted by atomic mass is 10.2. The molecule has 1 unspecified atom stereocenters. The monoisotopic (exact) mass is 329 g/mol. The topological polar surface area (TPSA) is 55.3 Å². The molecule has 6 heteroatoms. The van der Waals surface area contributed by atoms with Gasteiger partial charge in [0.1, 0.15) is 6.10 Å². The van der Waals surface area contributed by atoms with E-state index in [0.717, 1.165) is 12.0 Å². The van der Waals surface area contributed by atoms with Crippen molar-refractivity contribution in [3.63, 3.8) is 0 Å². The van der Waals surface area contributed by atoms with Crippen molar-refractivity contribution in [3.05, 3.63) is 59.5 Å². The third-order valence-electron chi connectivity index (χ3n) is 3.57. The summed E-state index contributed by atoms with van der Waals surface area (Å²) in [5, 5.41) is 0.678. The van der Waals surface area contributed by atoms with E-state index >= 15 is 0 Å². The van der Waals surface area contributed by atoms with E-state index in [1.54, 1.807) is 47.8 Å². The maximum Gasteiger partial charge on any atom is 0.246 e. The molecular formula is C17H16ClN3O2. The van der Waals surface area contributed by atoms with E-state index in [9.17, 15) is 4.79 Å². The molecule has 1 amide bonds. The zero-order valence-corrected chi connectivity index (χ0v) is 13.2. The lowest BCUT2D eigenvalue weighted by Crippen LogP contribution is -2.29. The standard InChI is InChI=1S/C17H16ClN3O2/c18-14-4-1-13(2-5-14)3-6-17(22)21-10-7-15(12-21)23-16-11-19-8-9-20-16/h1-6,8-9,11,15H,7,10,12H2/b6-3+. The van der Waals surface area contributed by atoms with Crippen LogP contribution < -0.4 is 4.74 Å². The normalized spacial score (nSPS) is 17.6. The fourth-order valence-electron chi connectivity index (χ4n) is 2.39. The van der Waals surface area contributed by atoms with Gasteiger partial charge in [-0.3, -0.25) is 9.78 Å². The molecule has 1 aliphatic heterocycles. The average molecular weight is 330 g/mol. The average Bonchev–Trinajstić information content (AvgIpc) is 3.03. The summed E-state index contributed by atoms with van der Waals surface area (Å²) in [6, 6.07) is 7.34. The first-order valence-electron chi connectivity index (χ1n) is 7.36. The second-order valence-corrected chi connectivity index (χ2v) is 5.68. The number of carbonyl (C=O) groups is 1. The van der Waals surface area contributed by atoms with E-state index in [1.807, 2.05) is 12.1 Å². The van der Waals surface area contributed by atoms with E-state index in [-0.39, 0.29) is 12.0 Å². The van der Waals surface area contributed by atoms with Gasteiger partial charge in [-0.15, -0.1) is 0 Å². The summed E-state index contributed by atoms with van der Waals surface area (Å²) in [7, 11) is 0. The Balaban J connectivity index is 1.54. The number of hydrogen-bond donors (Lipinski definition) is 0. The van der Waals surface area contributed by atoms with Crippen LogP contribution in [0, 0.1) is 0 Å². The van der Waals surface area contributed by atoms with Crippen LogP contribution in [0.2, 0.25) is 5.02 Å². The molecule has 0 bridgehead atoms. The van der Waals surface area contributed by atoms with Crippen LogP contribution in [-0.4, -0.2) is 40.0 Å². The van der Waals surface area contributed by atoms with E-state index < -0.39 is 0 Å². The van der Waals surface area contributed by atoms with Crippen LogP contribution in [0.15, 0.2) is 48.9 Å². The smallest absolute Gasteiger partial charge is 0.246 e. The van der Waals surface area contributed by atoms with Crippen molar-refractivity contribution in [1.82, 2.24) is 14.9 Å². The number of carbonyl (C=O) groups excluding carboxylic acids is 1. The first-order valence-corrected chi connectivity index (χ1v) is 7.74. The third kappa shape index (κ3) is 4.29. The molecule has 3 rings (SSSR count). The molecule has 0 aliphatic carbocycles. The van der Waals surface area contributed by atoms with Gasteiger partial charge in [0.2, 0.25) is 11.8 Å². The summed E-state index contributed by atoms with van der Waals surface area (Å²) >= 11 is 5.84. The molecule has 1 fully saturated rings. The zero-order valence-electron chi connectivity index (χ0n) is 12.4. The Hall–Kier alpha value is -2.40. The van der Waals surface area contributed by atoms with Gasteiger partial charge in [0.25, 0.3) is 0 Å². The molecular weight excluding hydrogens is 314 g/mol. The minimum atomic E-state index is -0.0421. The van der Waals surface area contributed by atoms with Crippen molar-refractivity contribution in [2.75, 3.05) is 13.1 Å². The Labute approximate surface area is 139 Å². The first-order chi connectivity index (χ1) is 11.2. The number of halogens is 1. The van der Waals surface area contributed by atoms with E-state index in [0.29, 0.717) is 24.0 Å². The number of rotatable bonds is 4. The Morgan fingerprint density at radius 3 is 2.87 bits per heavy atom. The molecule has 5 nitrogen and oxygen atoms in total. The van der Waals surface area contributed by atoms with Gasteiger partial charge in [-0.2, -0.15) is 0 Å². The minimum absolute atomic E-state index is 0.0230. The maximum absolute atomic E-state index is 12.2. The number of aromatic nitrogens is 2. The summed E-state index contributed by atoms with van der Waals surface area (Å²) in [5.41, 5.74) is 0.939. The Kier molecular flexibility index (Phi) is 4.88. The summed E-state index contributed by atoms with van der Waals surface area (Å²) in [6.07, 6.45) is 8.87. The number of nitrogens with zero attached hydrogens (tertiary/aromatic N) is 3. The van der Waals surface area contributed by atoms with Gasteiger partial charge in [0.05, 0.1) is 12.7 Å². The molecule has 0 saturated carbocycles. The highest BCUT2D eigenvalue weighted by molar-refractivity contribution is 6.30. The Morgan fingerprint density at radius 1 is 1.30 bits per heavy atom. The lowest BCUT2D eigenvalue weighted by Gasteiger charge is -2.15. The van der Waals surface area contributed by atoms with Crippen LogP contribution in [0.4, 0.5) is 0 Å². The SMILES string of the molecule is O=C(/C=C/c1ccc(Cl)cc1)N1CCC(Oc2cnccn2)C1. The summed E-state index contributed by atoms with van der Waals surface area (Å²) in [5.74, 6) is 0.466. The van der Waals surface area contributed by atoms with Crippen molar-refractivity contribution < 1.29 is 9.53 Å². The Morgan fingerprint density at radius 2 is 2.13 bits per heavy atom. The maximum atomic E-state index is 12.2. The van der Waals surface area contributed by atoms with E-state index in [4.69, 9.17) is 16.3 Å². The molecule has 2 heterocycles. The Bertz CT molecular complexity index is 689. The zero-order chi connectivity index (χ0) is 16.1. The quantitative estimate of drug-likeness (QED) is 0.809. The number of amides is 1. The third-order valence-corrected chi connectivity index (χ3v) is 3.82. The van der Waals surface area contributed by atoms with Gasteiger partial charge in [-0.25, -0.2) is 4.98 Å². The molecule has 1 aromatic carbocycles. The molecule has 1 aromatic heterocycles. The predicted molar refractivity (Wildman–Crippen MR) is 88.1 cm³/mol. The lowest BCUT2D eigenvalue weighted by molar-refractivity contribution is -0.125. The van der Waals surface area contributed by atoms with Crippen molar-refractivity contribution in [3.8, 4) is 5.88 Å². The van der Waals surface area contributed by atoms with Gasteiger partial charge >= 0.3 is 0 Å². The molecule has 23 heavy (non-hydrogen) atoms. The van der Waals surface area contributed by atoms with Gasteiger partial charge in [0, 0.05) is 36.5 Å². The predicted octanol–water partition coefficient (Wildman–Crippen LogP) is 2.82. The van der Waals surface area contributed by atoms with Crippen LogP contribution >= 0.6 is 11.6 Å². The van der Waals surface area contributed by atoms with Gasteiger partial charge in [-0.05, 0) is 23.8 Å². The van der Waals surface area contributed by atoms with Crippen LogP contribution in [0.1, 0.15) is 12.0 Å². The molecule has 1 saturated heterocycles. The first kappa shape index (κ1) is 15.5. The minimum Gasteiger partial charge on any atom is -0.471 e. The van der Waals surface area contributed by atoms with Crippen molar-refractivity contribution >= 4 is 23.6 Å². The van der Waals surface area contributed by atoms with Gasteiger partial charge in [0.15, 0.2) is 0 Å². The molecule has 1 aliphatic rings. The second-order valence-electron chi connectivity index (χ2n) is 5.24. The largest absolute Gasteiger partial charge is 0.471 e. The fraction of sp³-hybridized carbons (Fsp3) is 0.235. The van der Waals surface area contributed by atoms with Crippen molar-refractivity contribution in [2.45, 2.75) is 12.5 Å². The number of likely N-dealkylation sites (tertiary alicyclic amines) is 1. The highest BCUT2D eigenvalue weighted by atomic mass is 35.5. The number of benzene rings is 1. The summed E-state index contributed by atoms with van der Waals surface area (Å²) < 4.78 is 5.73. The molecule has 1 atom stereocenters. The molecule has 118 valence electrons. The van der Waals surface area contributed by atoms with Crippen LogP contribution in [-0.2, 0) is 4.79 Å². The number of hydrogen-bond acceptors (Lipinski definition) is 4. The van der Waals surface area contributed by atoms with Gasteiger partial charge < -0.3 is 9.64 Å². The fourth-order valence-corrected chi connectivity index (χ4v) is 2.51. The van der Waals surface area contributed by atoms with Crippen LogP contribution in [0.5, 0.6) is 5.88 Å². The molecule has 0 spiro atoms.